The van der Waals surface area contributed by atoms with Gasteiger partial charge in [0.05, 0.1) is 12.1 Å². The van der Waals surface area contributed by atoms with E-state index in [1.807, 2.05) is 91.0 Å². The van der Waals surface area contributed by atoms with Crippen molar-refractivity contribution in [2.75, 3.05) is 20.3 Å². The van der Waals surface area contributed by atoms with Crippen molar-refractivity contribution in [1.29, 1.82) is 0 Å². The van der Waals surface area contributed by atoms with Crippen LogP contribution in [-0.2, 0) is 23.3 Å². The molecule has 55 heavy (non-hydrogen) atoms. The number of rotatable bonds is 14. The van der Waals surface area contributed by atoms with E-state index >= 15 is 0 Å². The second-order valence-corrected chi connectivity index (χ2v) is 13.1. The average Bonchev–Trinajstić information content (AvgIpc) is 3.75. The van der Waals surface area contributed by atoms with E-state index in [0.29, 0.717) is 36.2 Å². The van der Waals surface area contributed by atoms with E-state index in [2.05, 4.69) is 73.7 Å². The molecule has 0 bridgehead atoms. The van der Waals surface area contributed by atoms with Crippen LogP contribution in [0.2, 0.25) is 0 Å². The molecule has 0 atom stereocenters. The van der Waals surface area contributed by atoms with Crippen molar-refractivity contribution in [2.45, 2.75) is 25.5 Å². The third kappa shape index (κ3) is 7.17. The zero-order valence-corrected chi connectivity index (χ0v) is 30.7. The molecule has 0 fully saturated rings. The van der Waals surface area contributed by atoms with Crippen LogP contribution < -0.4 is 9.47 Å². The lowest BCUT2D eigenvalue weighted by Gasteiger charge is -2.34. The molecule has 0 aliphatic carbocycles. The van der Waals surface area contributed by atoms with Gasteiger partial charge in [0.15, 0.2) is 5.54 Å². The number of nitrogens with zero attached hydrogens (tertiary/aromatic N) is 6. The number of tetrazole rings is 1. The van der Waals surface area contributed by atoms with Gasteiger partial charge in [0.1, 0.15) is 24.5 Å². The summed E-state index contributed by atoms with van der Waals surface area (Å²) in [6.45, 7) is 3.21. The number of fused-ring (bicyclic) bond motifs is 1. The van der Waals surface area contributed by atoms with Crippen LogP contribution in [0.4, 0.5) is 0 Å². The first kappa shape index (κ1) is 35.3. The molecule has 0 unspecified atom stereocenters. The number of aromatic nitrogens is 6. The van der Waals surface area contributed by atoms with Gasteiger partial charge >= 0.3 is 0 Å². The molecule has 0 spiro atoms. The van der Waals surface area contributed by atoms with E-state index in [4.69, 9.17) is 39.6 Å². The lowest BCUT2D eigenvalue weighted by atomic mass is 9.77. The van der Waals surface area contributed by atoms with Crippen molar-refractivity contribution in [3.63, 3.8) is 0 Å². The first-order chi connectivity index (χ1) is 27.2. The topological polar surface area (TPSA) is 97.1 Å². The molecule has 0 aliphatic rings. The summed E-state index contributed by atoms with van der Waals surface area (Å²) in [6.07, 6.45) is 0.756. The van der Waals surface area contributed by atoms with Gasteiger partial charge in [-0.05, 0) is 57.1 Å². The normalized spacial score (nSPS) is 11.5. The maximum Gasteiger partial charge on any atom is 0.214 e. The summed E-state index contributed by atoms with van der Waals surface area (Å²) in [6, 6.07) is 53.3. The van der Waals surface area contributed by atoms with Gasteiger partial charge in [-0.25, -0.2) is 4.98 Å². The Labute approximate surface area is 320 Å². The fraction of sp³-hybridized carbons (Fsp3) is 0.152. The van der Waals surface area contributed by atoms with Crippen LogP contribution in [0.5, 0.6) is 11.6 Å². The van der Waals surface area contributed by atoms with Crippen LogP contribution in [0.15, 0.2) is 158 Å². The Morgan fingerprint density at radius 1 is 0.618 bits per heavy atom. The Bertz CT molecular complexity index is 2400. The molecule has 0 saturated heterocycles. The summed E-state index contributed by atoms with van der Waals surface area (Å²) >= 11 is 0. The fourth-order valence-corrected chi connectivity index (χ4v) is 6.96. The molecule has 3 heterocycles. The van der Waals surface area contributed by atoms with Gasteiger partial charge in [0.2, 0.25) is 11.7 Å². The van der Waals surface area contributed by atoms with Crippen molar-refractivity contribution >= 4 is 11.0 Å². The molecule has 9 heteroatoms. The molecular formula is C46H40N6O3. The number of ether oxygens (including phenoxy) is 3. The Balaban J connectivity index is 1.22. The average molecular weight is 725 g/mol. The lowest BCUT2D eigenvalue weighted by Crippen LogP contribution is -2.39. The Hall–Kier alpha value is -6.71. The fourth-order valence-electron chi connectivity index (χ4n) is 6.96. The van der Waals surface area contributed by atoms with Gasteiger partial charge < -0.3 is 14.2 Å². The molecule has 0 amide bonds. The maximum atomic E-state index is 6.55. The second-order valence-electron chi connectivity index (χ2n) is 13.1. The standard InChI is InChI=1S/C46H40N6O3/c1-3-38-31-42(44-41(47-38)26-27-43(48-44)54-29-28-53-2)55-32-33-24-25-39(34-16-8-4-9-17-34)40(30-33)45-49-51-52(50-45)46(35-18-10-5-11-19-35,36-20-12-6-13-21-36)37-22-14-7-15-23-37/h4-27,30-31H,3,28-29,32H2,1-2H3. The number of hydrogen-bond acceptors (Lipinski definition) is 8. The minimum atomic E-state index is -0.902. The molecule has 272 valence electrons. The van der Waals surface area contributed by atoms with Crippen molar-refractivity contribution in [1.82, 2.24) is 30.2 Å². The molecule has 9 nitrogen and oxygen atoms in total. The smallest absolute Gasteiger partial charge is 0.214 e. The Kier molecular flexibility index (Phi) is 10.4. The molecular weight excluding hydrogens is 685 g/mol. The van der Waals surface area contributed by atoms with Crippen molar-refractivity contribution < 1.29 is 14.2 Å². The van der Waals surface area contributed by atoms with E-state index in [1.54, 1.807) is 11.9 Å². The lowest BCUT2D eigenvalue weighted by molar-refractivity contribution is 0.144. The first-order valence-electron chi connectivity index (χ1n) is 18.4. The summed E-state index contributed by atoms with van der Waals surface area (Å²) in [7, 11) is 1.64. The number of pyridine rings is 2. The monoisotopic (exact) mass is 724 g/mol. The molecule has 0 N–H and O–H groups in total. The van der Waals surface area contributed by atoms with Crippen LogP contribution in [0.3, 0.4) is 0 Å². The van der Waals surface area contributed by atoms with Gasteiger partial charge in [0.25, 0.3) is 0 Å². The van der Waals surface area contributed by atoms with E-state index in [-0.39, 0.29) is 6.61 Å². The highest BCUT2D eigenvalue weighted by Gasteiger charge is 2.41. The van der Waals surface area contributed by atoms with Crippen molar-refractivity contribution in [3.05, 3.63) is 186 Å². The maximum absolute atomic E-state index is 6.55. The minimum absolute atomic E-state index is 0.275. The van der Waals surface area contributed by atoms with Crippen LogP contribution in [-0.4, -0.2) is 50.5 Å². The molecule has 8 rings (SSSR count). The van der Waals surface area contributed by atoms with Crippen molar-refractivity contribution in [2.24, 2.45) is 0 Å². The van der Waals surface area contributed by atoms with Gasteiger partial charge in [-0.3, -0.25) is 4.98 Å². The molecule has 0 radical (unpaired) electrons. The van der Waals surface area contributed by atoms with Crippen LogP contribution in [0.25, 0.3) is 33.5 Å². The highest BCUT2D eigenvalue weighted by Crippen LogP contribution is 2.41. The van der Waals surface area contributed by atoms with Gasteiger partial charge in [-0.2, -0.15) is 0 Å². The van der Waals surface area contributed by atoms with Gasteiger partial charge in [0, 0.05) is 30.5 Å². The molecule has 5 aromatic carbocycles. The van der Waals surface area contributed by atoms with E-state index in [1.165, 1.54) is 0 Å². The van der Waals surface area contributed by atoms with E-state index in [0.717, 1.165) is 56.6 Å². The van der Waals surface area contributed by atoms with E-state index in [9.17, 15) is 0 Å². The summed E-state index contributed by atoms with van der Waals surface area (Å²) in [5.74, 6) is 1.62. The van der Waals surface area contributed by atoms with Crippen molar-refractivity contribution in [3.8, 4) is 34.1 Å². The molecule has 8 aromatic rings. The number of methoxy groups -OCH3 is 1. The highest BCUT2D eigenvalue weighted by atomic mass is 16.5. The molecule has 3 aromatic heterocycles. The van der Waals surface area contributed by atoms with Gasteiger partial charge in [-0.1, -0.05) is 140 Å². The predicted octanol–water partition coefficient (Wildman–Crippen LogP) is 8.96. The zero-order valence-electron chi connectivity index (χ0n) is 30.7. The summed E-state index contributed by atoms with van der Waals surface area (Å²) in [4.78, 5) is 11.3. The van der Waals surface area contributed by atoms with E-state index < -0.39 is 5.54 Å². The zero-order chi connectivity index (χ0) is 37.5. The van der Waals surface area contributed by atoms with Crippen LogP contribution in [0.1, 0.15) is 34.9 Å². The van der Waals surface area contributed by atoms with Crippen LogP contribution >= 0.6 is 0 Å². The minimum Gasteiger partial charge on any atom is -0.486 e. The number of hydrogen-bond donors (Lipinski definition) is 0. The van der Waals surface area contributed by atoms with Gasteiger partial charge in [-0.15, -0.1) is 15.0 Å². The number of benzene rings is 5. The third-order valence-electron chi connectivity index (χ3n) is 9.64. The predicted molar refractivity (Wildman–Crippen MR) is 214 cm³/mol. The third-order valence-corrected chi connectivity index (χ3v) is 9.64. The number of aryl methyl sites for hydroxylation is 1. The summed E-state index contributed by atoms with van der Waals surface area (Å²) < 4.78 is 17.5. The second kappa shape index (κ2) is 16.1. The largest absolute Gasteiger partial charge is 0.486 e. The summed E-state index contributed by atoms with van der Waals surface area (Å²) in [5, 5.41) is 14.9. The SMILES string of the molecule is CCc1cc(OCc2ccc(-c3ccccc3)c(-c3nnn(C(c4ccccc4)(c4ccccc4)c4ccccc4)n3)c2)c2nc(OCCOC)ccc2n1. The van der Waals surface area contributed by atoms with Crippen LogP contribution in [0, 0.1) is 0 Å². The molecule has 0 aliphatic heterocycles. The Morgan fingerprint density at radius 3 is 1.87 bits per heavy atom. The highest BCUT2D eigenvalue weighted by molar-refractivity contribution is 5.82. The first-order valence-corrected chi connectivity index (χ1v) is 18.4. The Morgan fingerprint density at radius 2 is 1.25 bits per heavy atom. The molecule has 0 saturated carbocycles. The summed E-state index contributed by atoms with van der Waals surface area (Å²) in [5.41, 5.74) is 8.22. The quantitative estimate of drug-likeness (QED) is 0.0810.